The molecule has 2 aromatic carbocycles. The maximum atomic E-state index is 12.5. The van der Waals surface area contributed by atoms with E-state index < -0.39 is 5.91 Å². The maximum Gasteiger partial charge on any atom is 0.255 e. The fourth-order valence-corrected chi connectivity index (χ4v) is 2.40. The summed E-state index contributed by atoms with van der Waals surface area (Å²) < 4.78 is 5.43. The molecule has 0 aliphatic rings. The van der Waals surface area contributed by atoms with Gasteiger partial charge in [0, 0.05) is 28.9 Å². The van der Waals surface area contributed by atoms with Gasteiger partial charge in [-0.3, -0.25) is 19.8 Å². The summed E-state index contributed by atoms with van der Waals surface area (Å²) >= 11 is 0. The van der Waals surface area contributed by atoms with Gasteiger partial charge in [-0.15, -0.1) is 0 Å². The van der Waals surface area contributed by atoms with Crippen LogP contribution >= 0.6 is 0 Å². The monoisotopic (exact) mass is 351 g/mol. The Hall–Kier alpha value is -3.45. The molecule has 3 rings (SSSR count). The summed E-state index contributed by atoms with van der Waals surface area (Å²) in [6.45, 7) is 0.113. The second-order valence-electron chi connectivity index (χ2n) is 5.53. The lowest BCUT2D eigenvalue weighted by atomic mass is 10.1. The molecule has 2 amide bonds. The highest BCUT2D eigenvalue weighted by atomic mass is 16.5. The molecule has 7 heteroatoms. The minimum atomic E-state index is -0.528. The molecule has 0 saturated carbocycles. The number of ether oxygens (including phenoxy) is 1. The van der Waals surface area contributed by atoms with E-state index >= 15 is 0 Å². The molecule has 0 saturated heterocycles. The normalized spacial score (nSPS) is 10.3. The molecule has 0 radical (unpaired) electrons. The van der Waals surface area contributed by atoms with Gasteiger partial charge < -0.3 is 10.1 Å². The number of rotatable bonds is 6. The first-order chi connectivity index (χ1) is 12.7. The van der Waals surface area contributed by atoms with Gasteiger partial charge in [-0.1, -0.05) is 12.1 Å². The number of fused-ring (bicyclic) bond motifs is 1. The highest BCUT2D eigenvalue weighted by molar-refractivity contribution is 6.06. The largest absolute Gasteiger partial charge is 0.493 e. The first-order valence-electron chi connectivity index (χ1n) is 7.97. The van der Waals surface area contributed by atoms with Crippen LogP contribution in [0.2, 0.25) is 0 Å². The van der Waals surface area contributed by atoms with Crippen LogP contribution in [0.5, 0.6) is 5.75 Å². The van der Waals surface area contributed by atoms with Crippen molar-refractivity contribution in [1.29, 1.82) is 0 Å². The van der Waals surface area contributed by atoms with Gasteiger partial charge in [-0.05, 0) is 36.4 Å². The molecule has 0 atom stereocenters. The van der Waals surface area contributed by atoms with Gasteiger partial charge in [0.2, 0.25) is 5.91 Å². The third-order valence-corrected chi connectivity index (χ3v) is 3.68. The van der Waals surface area contributed by atoms with Crippen LogP contribution < -0.4 is 15.5 Å². The quantitative estimate of drug-likeness (QED) is 0.468. The predicted octanol–water partition coefficient (Wildman–Crippen LogP) is 2.76. The number of hydrogen-bond acceptors (Lipinski definition) is 5. The van der Waals surface area contributed by atoms with E-state index in [1.807, 2.05) is 12.1 Å². The molecule has 0 fully saturated rings. The molecule has 3 aromatic rings. The molecular formula is C19H17N3O4. The maximum absolute atomic E-state index is 12.5. The van der Waals surface area contributed by atoms with Gasteiger partial charge in [-0.2, -0.15) is 0 Å². The molecule has 1 heterocycles. The Morgan fingerprint density at radius 2 is 1.96 bits per heavy atom. The number of carbonyl (C=O) groups is 2. The number of hydrogen-bond donors (Lipinski definition) is 3. The van der Waals surface area contributed by atoms with Crippen molar-refractivity contribution in [3.05, 3.63) is 66.4 Å². The number of hydroxylamine groups is 1. The third-order valence-electron chi connectivity index (χ3n) is 3.68. The molecule has 7 nitrogen and oxygen atoms in total. The number of benzene rings is 2. The van der Waals surface area contributed by atoms with Gasteiger partial charge in [0.15, 0.2) is 0 Å². The van der Waals surface area contributed by atoms with Crippen LogP contribution in [0.1, 0.15) is 16.8 Å². The van der Waals surface area contributed by atoms with Crippen molar-refractivity contribution in [3.8, 4) is 5.75 Å². The molecular weight excluding hydrogens is 334 g/mol. The first kappa shape index (κ1) is 17.4. The van der Waals surface area contributed by atoms with E-state index in [0.29, 0.717) is 17.0 Å². The van der Waals surface area contributed by atoms with Crippen LogP contribution in [0, 0.1) is 0 Å². The summed E-state index contributed by atoms with van der Waals surface area (Å²) in [5, 5.41) is 12.1. The molecule has 3 N–H and O–H groups in total. The lowest BCUT2D eigenvalue weighted by Crippen LogP contribution is -2.20. The second kappa shape index (κ2) is 8.09. The van der Waals surface area contributed by atoms with E-state index in [4.69, 9.17) is 9.94 Å². The average Bonchev–Trinajstić information content (AvgIpc) is 2.67. The van der Waals surface area contributed by atoms with Gasteiger partial charge in [0.1, 0.15) is 5.75 Å². The van der Waals surface area contributed by atoms with Crippen molar-refractivity contribution in [2.45, 2.75) is 6.42 Å². The van der Waals surface area contributed by atoms with Crippen LogP contribution in [0.15, 0.2) is 60.8 Å². The zero-order valence-electron chi connectivity index (χ0n) is 13.8. The third kappa shape index (κ3) is 4.34. The van der Waals surface area contributed by atoms with Crippen LogP contribution in [0.25, 0.3) is 10.9 Å². The van der Waals surface area contributed by atoms with Gasteiger partial charge in [-0.25, -0.2) is 5.48 Å². The molecule has 0 aliphatic carbocycles. The zero-order valence-corrected chi connectivity index (χ0v) is 13.8. The van der Waals surface area contributed by atoms with Gasteiger partial charge in [0.25, 0.3) is 5.91 Å². The van der Waals surface area contributed by atoms with Crippen LogP contribution in [0.4, 0.5) is 5.69 Å². The Balaban J connectivity index is 1.66. The minimum Gasteiger partial charge on any atom is -0.493 e. The summed E-state index contributed by atoms with van der Waals surface area (Å²) in [6, 6.07) is 15.9. The van der Waals surface area contributed by atoms with E-state index in [0.717, 1.165) is 10.9 Å². The van der Waals surface area contributed by atoms with E-state index in [1.54, 1.807) is 48.7 Å². The van der Waals surface area contributed by atoms with Crippen molar-refractivity contribution < 1.29 is 19.5 Å². The van der Waals surface area contributed by atoms with Gasteiger partial charge >= 0.3 is 0 Å². The molecule has 0 aliphatic heterocycles. The SMILES string of the molecule is O=C(CCOc1cccc(NC(=O)c2ccc3ncccc3c2)c1)NO. The fourth-order valence-electron chi connectivity index (χ4n) is 2.40. The Morgan fingerprint density at radius 1 is 1.08 bits per heavy atom. The van der Waals surface area contributed by atoms with Gasteiger partial charge in [0.05, 0.1) is 18.5 Å². The number of amides is 2. The average molecular weight is 351 g/mol. The van der Waals surface area contributed by atoms with Crippen molar-refractivity contribution in [2.75, 3.05) is 11.9 Å². The van der Waals surface area contributed by atoms with E-state index in [1.165, 1.54) is 5.48 Å². The minimum absolute atomic E-state index is 0.0260. The Kier molecular flexibility index (Phi) is 5.40. The number of aromatic nitrogens is 1. The molecule has 0 bridgehead atoms. The standard InChI is InChI=1S/C19H17N3O4/c23-18(22-25)8-10-26-16-5-1-4-15(12-16)21-19(24)14-6-7-17-13(11-14)3-2-9-20-17/h1-7,9,11-12,25H,8,10H2,(H,21,24)(H,22,23). The Morgan fingerprint density at radius 3 is 2.81 bits per heavy atom. The van der Waals surface area contributed by atoms with Crippen molar-refractivity contribution in [2.24, 2.45) is 0 Å². The number of carbonyl (C=O) groups excluding carboxylic acids is 2. The number of pyridine rings is 1. The van der Waals surface area contributed by atoms with E-state index in [9.17, 15) is 9.59 Å². The molecule has 0 spiro atoms. The zero-order chi connectivity index (χ0) is 18.4. The summed E-state index contributed by atoms with van der Waals surface area (Å²) in [6.07, 6.45) is 1.73. The van der Waals surface area contributed by atoms with Crippen LogP contribution in [-0.2, 0) is 4.79 Å². The summed E-state index contributed by atoms with van der Waals surface area (Å²) in [5.74, 6) is -0.260. The van der Waals surface area contributed by atoms with E-state index in [2.05, 4.69) is 10.3 Å². The number of nitrogens with one attached hydrogen (secondary N) is 2. The Bertz CT molecular complexity index is 943. The highest BCUT2D eigenvalue weighted by Gasteiger charge is 2.08. The molecule has 1 aromatic heterocycles. The highest BCUT2D eigenvalue weighted by Crippen LogP contribution is 2.19. The van der Waals surface area contributed by atoms with Crippen LogP contribution in [0.3, 0.4) is 0 Å². The molecule has 0 unspecified atom stereocenters. The molecule has 132 valence electrons. The van der Waals surface area contributed by atoms with Crippen molar-refractivity contribution in [3.63, 3.8) is 0 Å². The summed E-state index contributed by atoms with van der Waals surface area (Å²) in [5.41, 5.74) is 3.46. The second-order valence-corrected chi connectivity index (χ2v) is 5.53. The van der Waals surface area contributed by atoms with Crippen molar-refractivity contribution >= 4 is 28.4 Å². The first-order valence-corrected chi connectivity index (χ1v) is 7.97. The van der Waals surface area contributed by atoms with Crippen LogP contribution in [-0.4, -0.2) is 28.6 Å². The smallest absolute Gasteiger partial charge is 0.255 e. The summed E-state index contributed by atoms with van der Waals surface area (Å²) in [4.78, 5) is 27.7. The summed E-state index contributed by atoms with van der Waals surface area (Å²) in [7, 11) is 0. The van der Waals surface area contributed by atoms with Crippen molar-refractivity contribution in [1.82, 2.24) is 10.5 Å². The molecule has 26 heavy (non-hydrogen) atoms. The predicted molar refractivity (Wildman–Crippen MR) is 96.2 cm³/mol. The Labute approximate surface area is 149 Å². The topological polar surface area (TPSA) is 101 Å². The fraction of sp³-hybridized carbons (Fsp3) is 0.105. The lowest BCUT2D eigenvalue weighted by Gasteiger charge is -2.09. The van der Waals surface area contributed by atoms with E-state index in [-0.39, 0.29) is 18.9 Å². The number of anilines is 1. The lowest BCUT2D eigenvalue weighted by molar-refractivity contribution is -0.129. The number of nitrogens with zero attached hydrogens (tertiary/aromatic N) is 1.